The maximum absolute atomic E-state index is 11.8. The lowest BCUT2D eigenvalue weighted by Crippen LogP contribution is -2.53. The second-order valence-corrected chi connectivity index (χ2v) is 4.84. The molecule has 0 aromatic carbocycles. The zero-order valence-corrected chi connectivity index (χ0v) is 13.1. The van der Waals surface area contributed by atoms with E-state index >= 15 is 0 Å². The molecule has 5 N–H and O–H groups in total. The van der Waals surface area contributed by atoms with Crippen LogP contribution in [0, 0.1) is 0 Å². The minimum Gasteiger partial charge on any atom is -0.361 e. The van der Waals surface area contributed by atoms with Gasteiger partial charge < -0.3 is 26.4 Å². The Balaban J connectivity index is 4.12. The molecule has 3 amide bonds. The van der Waals surface area contributed by atoms with Gasteiger partial charge in [0.15, 0.2) is 0 Å². The minimum absolute atomic E-state index is 0.101. The number of carbonyl (C=O) groups is 3. The van der Waals surface area contributed by atoms with Gasteiger partial charge in [-0.25, -0.2) is 0 Å². The second-order valence-electron chi connectivity index (χ2n) is 4.84. The van der Waals surface area contributed by atoms with Gasteiger partial charge in [0.25, 0.3) is 0 Å². The lowest BCUT2D eigenvalue weighted by Gasteiger charge is -2.19. The van der Waals surface area contributed by atoms with Gasteiger partial charge >= 0.3 is 0 Å². The highest BCUT2D eigenvalue weighted by atomic mass is 16.5. The number of nitrogens with two attached hydrogens (primary N) is 1. The smallest absolute Gasteiger partial charge is 0.244 e. The van der Waals surface area contributed by atoms with Crippen molar-refractivity contribution in [3.63, 3.8) is 0 Å². The molecule has 0 saturated carbocycles. The highest BCUT2D eigenvalue weighted by Gasteiger charge is 2.21. The van der Waals surface area contributed by atoms with Crippen LogP contribution in [0.25, 0.3) is 0 Å². The van der Waals surface area contributed by atoms with E-state index in [4.69, 9.17) is 10.5 Å². The van der Waals surface area contributed by atoms with Crippen LogP contribution in [0.4, 0.5) is 0 Å². The highest BCUT2D eigenvalue weighted by Crippen LogP contribution is 1.89. The number of hydrogen-bond donors (Lipinski definition) is 4. The van der Waals surface area contributed by atoms with Crippen LogP contribution in [-0.4, -0.2) is 49.2 Å². The zero-order chi connectivity index (χ0) is 16.4. The Morgan fingerprint density at radius 2 is 1.52 bits per heavy atom. The van der Waals surface area contributed by atoms with Gasteiger partial charge in [0.05, 0.1) is 6.04 Å². The summed E-state index contributed by atoms with van der Waals surface area (Å²) in [6, 6.07) is -2.19. The summed E-state index contributed by atoms with van der Waals surface area (Å²) in [5.41, 5.74) is 5.39. The first-order chi connectivity index (χ1) is 9.79. The molecule has 0 spiro atoms. The molecule has 21 heavy (non-hydrogen) atoms. The van der Waals surface area contributed by atoms with E-state index < -0.39 is 29.9 Å². The average molecular weight is 302 g/mol. The molecule has 0 saturated heterocycles. The topological polar surface area (TPSA) is 123 Å². The molecule has 122 valence electrons. The minimum atomic E-state index is -0.768. The Hall–Kier alpha value is -1.67. The largest absolute Gasteiger partial charge is 0.361 e. The van der Waals surface area contributed by atoms with Crippen LogP contribution in [0.1, 0.15) is 34.1 Å². The van der Waals surface area contributed by atoms with Gasteiger partial charge in [-0.2, -0.15) is 0 Å². The zero-order valence-electron chi connectivity index (χ0n) is 13.1. The molecule has 0 aliphatic rings. The van der Waals surface area contributed by atoms with E-state index in [1.807, 2.05) is 6.92 Å². The number of rotatable bonds is 9. The van der Waals surface area contributed by atoms with Crippen LogP contribution in [-0.2, 0) is 19.1 Å². The molecule has 0 aliphatic carbocycles. The predicted octanol–water partition coefficient (Wildman–Crippen LogP) is -1.16. The van der Waals surface area contributed by atoms with Gasteiger partial charge in [0.2, 0.25) is 17.7 Å². The molecule has 0 radical (unpaired) electrons. The van der Waals surface area contributed by atoms with Crippen molar-refractivity contribution in [1.29, 1.82) is 0 Å². The first kappa shape index (κ1) is 19.3. The van der Waals surface area contributed by atoms with E-state index in [2.05, 4.69) is 16.0 Å². The molecule has 0 rings (SSSR count). The van der Waals surface area contributed by atoms with Crippen LogP contribution in [0.3, 0.4) is 0 Å². The summed E-state index contributed by atoms with van der Waals surface area (Å²) in [5.74, 6) is -1.24. The van der Waals surface area contributed by atoms with Gasteiger partial charge in [0.1, 0.15) is 18.8 Å². The van der Waals surface area contributed by atoms with Crippen molar-refractivity contribution < 1.29 is 19.1 Å². The third-order valence-corrected chi connectivity index (χ3v) is 2.61. The number of carbonyl (C=O) groups excluding carboxylic acids is 3. The van der Waals surface area contributed by atoms with E-state index in [-0.39, 0.29) is 12.6 Å². The summed E-state index contributed by atoms with van der Waals surface area (Å²) >= 11 is 0. The summed E-state index contributed by atoms with van der Waals surface area (Å²) < 4.78 is 5.12. The van der Waals surface area contributed by atoms with Crippen LogP contribution >= 0.6 is 0 Å². The molecular weight excluding hydrogens is 276 g/mol. The normalized spacial score (nSPS) is 14.7. The van der Waals surface area contributed by atoms with Crippen molar-refractivity contribution in [3.05, 3.63) is 0 Å². The SMILES string of the molecule is CCCOCNC(=O)[C@H](C)NC(=O)[C@H](C)NC(=O)[C@H](C)N. The summed E-state index contributed by atoms with van der Waals surface area (Å²) in [7, 11) is 0. The molecule has 3 atom stereocenters. The van der Waals surface area contributed by atoms with E-state index in [9.17, 15) is 14.4 Å². The lowest BCUT2D eigenvalue weighted by molar-refractivity contribution is -0.132. The summed E-state index contributed by atoms with van der Waals surface area (Å²) in [6.45, 7) is 7.21. The van der Waals surface area contributed by atoms with Crippen LogP contribution in [0.15, 0.2) is 0 Å². The van der Waals surface area contributed by atoms with Gasteiger partial charge in [-0.05, 0) is 27.2 Å². The van der Waals surface area contributed by atoms with E-state index in [0.29, 0.717) is 6.61 Å². The van der Waals surface area contributed by atoms with Crippen molar-refractivity contribution in [2.24, 2.45) is 5.73 Å². The molecule has 8 heteroatoms. The van der Waals surface area contributed by atoms with Crippen molar-refractivity contribution in [2.45, 2.75) is 52.2 Å². The van der Waals surface area contributed by atoms with Crippen LogP contribution in [0.5, 0.6) is 0 Å². The monoisotopic (exact) mass is 302 g/mol. The molecule has 0 bridgehead atoms. The first-order valence-electron chi connectivity index (χ1n) is 7.01. The lowest BCUT2D eigenvalue weighted by atomic mass is 10.2. The van der Waals surface area contributed by atoms with Crippen molar-refractivity contribution in [3.8, 4) is 0 Å². The number of hydrogen-bond acceptors (Lipinski definition) is 5. The molecule has 0 fully saturated rings. The fourth-order valence-corrected chi connectivity index (χ4v) is 1.31. The number of ether oxygens (including phenoxy) is 1. The Morgan fingerprint density at radius 1 is 1.00 bits per heavy atom. The molecular formula is C13H26N4O4. The molecule has 0 unspecified atom stereocenters. The van der Waals surface area contributed by atoms with Crippen molar-refractivity contribution >= 4 is 17.7 Å². The molecule has 0 aromatic heterocycles. The van der Waals surface area contributed by atoms with E-state index in [0.717, 1.165) is 6.42 Å². The van der Waals surface area contributed by atoms with Gasteiger partial charge in [-0.3, -0.25) is 14.4 Å². The Labute approximate surface area is 125 Å². The average Bonchev–Trinajstić information content (AvgIpc) is 2.42. The number of amides is 3. The molecule has 8 nitrogen and oxygen atoms in total. The van der Waals surface area contributed by atoms with Crippen molar-refractivity contribution in [1.82, 2.24) is 16.0 Å². The maximum atomic E-state index is 11.8. The quantitative estimate of drug-likeness (QED) is 0.316. The fourth-order valence-electron chi connectivity index (χ4n) is 1.31. The standard InChI is InChI=1S/C13H26N4O4/c1-5-6-21-7-15-12(19)9(3)17-13(20)10(4)16-11(18)8(2)14/h8-10H,5-7,14H2,1-4H3,(H,15,19)(H,16,18)(H,17,20)/t8-,9-,10-/m0/s1. The Morgan fingerprint density at radius 3 is 2.05 bits per heavy atom. The molecule has 0 aliphatic heterocycles. The van der Waals surface area contributed by atoms with Crippen molar-refractivity contribution in [2.75, 3.05) is 13.3 Å². The summed E-state index contributed by atoms with van der Waals surface area (Å²) in [4.78, 5) is 34.9. The third kappa shape index (κ3) is 8.26. The predicted molar refractivity (Wildman–Crippen MR) is 78.1 cm³/mol. The third-order valence-electron chi connectivity index (χ3n) is 2.61. The first-order valence-corrected chi connectivity index (χ1v) is 7.01. The Kier molecular flexibility index (Phi) is 9.31. The summed E-state index contributed by atoms with van der Waals surface area (Å²) in [5, 5.41) is 7.49. The number of nitrogens with one attached hydrogen (secondary N) is 3. The highest BCUT2D eigenvalue weighted by molar-refractivity contribution is 5.92. The maximum Gasteiger partial charge on any atom is 0.244 e. The van der Waals surface area contributed by atoms with E-state index in [1.54, 1.807) is 6.92 Å². The van der Waals surface area contributed by atoms with Gasteiger partial charge in [-0.15, -0.1) is 0 Å². The second kappa shape index (κ2) is 10.1. The van der Waals surface area contributed by atoms with Gasteiger partial charge in [0, 0.05) is 6.61 Å². The van der Waals surface area contributed by atoms with Crippen LogP contribution < -0.4 is 21.7 Å². The van der Waals surface area contributed by atoms with Gasteiger partial charge in [-0.1, -0.05) is 6.92 Å². The van der Waals surface area contributed by atoms with E-state index in [1.165, 1.54) is 13.8 Å². The molecule has 0 aromatic rings. The molecule has 0 heterocycles. The summed E-state index contributed by atoms with van der Waals surface area (Å²) in [6.07, 6.45) is 0.860. The fraction of sp³-hybridized carbons (Fsp3) is 0.769. The van der Waals surface area contributed by atoms with Crippen LogP contribution in [0.2, 0.25) is 0 Å². The Bertz CT molecular complexity index is 360.